The van der Waals surface area contributed by atoms with E-state index in [4.69, 9.17) is 17.3 Å². The number of hydrogen-bond acceptors (Lipinski definition) is 3. The van der Waals surface area contributed by atoms with E-state index in [1.807, 2.05) is 24.3 Å². The summed E-state index contributed by atoms with van der Waals surface area (Å²) in [5.74, 6) is 0. The van der Waals surface area contributed by atoms with E-state index in [-0.39, 0.29) is 16.6 Å². The van der Waals surface area contributed by atoms with Crippen molar-refractivity contribution in [2.75, 3.05) is 5.73 Å². The topological polar surface area (TPSA) is 72.2 Å². The van der Waals surface area contributed by atoms with Gasteiger partial charge in [0, 0.05) is 15.5 Å². The number of rotatable bonds is 4. The zero-order chi connectivity index (χ0) is 15.6. The maximum Gasteiger partial charge on any atom is 0.243 e. The van der Waals surface area contributed by atoms with Crippen LogP contribution >= 0.6 is 27.5 Å². The molecule has 2 aromatic carbocycles. The van der Waals surface area contributed by atoms with Crippen LogP contribution in [0.4, 0.5) is 5.69 Å². The molecule has 112 valence electrons. The summed E-state index contributed by atoms with van der Waals surface area (Å²) >= 11 is 9.18. The molecule has 0 amide bonds. The minimum atomic E-state index is -3.74. The molecule has 3 N–H and O–H groups in total. The Morgan fingerprint density at radius 2 is 1.81 bits per heavy atom. The zero-order valence-electron chi connectivity index (χ0n) is 11.2. The Morgan fingerprint density at radius 3 is 2.43 bits per heavy atom. The van der Waals surface area contributed by atoms with Crippen LogP contribution in [-0.2, 0) is 10.0 Å². The first-order chi connectivity index (χ1) is 9.79. The zero-order valence-corrected chi connectivity index (χ0v) is 14.3. The first-order valence-electron chi connectivity index (χ1n) is 6.12. The summed E-state index contributed by atoms with van der Waals surface area (Å²) in [7, 11) is -3.74. The normalized spacial score (nSPS) is 13.1. The van der Waals surface area contributed by atoms with Gasteiger partial charge in [-0.1, -0.05) is 39.7 Å². The van der Waals surface area contributed by atoms with Crippen molar-refractivity contribution >= 4 is 43.2 Å². The van der Waals surface area contributed by atoms with Crippen molar-refractivity contribution in [1.29, 1.82) is 0 Å². The van der Waals surface area contributed by atoms with E-state index in [2.05, 4.69) is 20.7 Å². The summed E-state index contributed by atoms with van der Waals surface area (Å²) in [6.07, 6.45) is 0. The molecule has 2 rings (SSSR count). The lowest BCUT2D eigenvalue weighted by Crippen LogP contribution is -2.27. The Morgan fingerprint density at radius 1 is 1.19 bits per heavy atom. The van der Waals surface area contributed by atoms with Crippen LogP contribution in [0.2, 0.25) is 5.02 Å². The van der Waals surface area contributed by atoms with Gasteiger partial charge in [-0.3, -0.25) is 0 Å². The van der Waals surface area contributed by atoms with E-state index in [9.17, 15) is 8.42 Å². The number of anilines is 1. The number of nitrogens with two attached hydrogens (primary N) is 1. The minimum Gasteiger partial charge on any atom is -0.398 e. The maximum absolute atomic E-state index is 12.4. The molecule has 0 saturated heterocycles. The molecule has 0 spiro atoms. The van der Waals surface area contributed by atoms with E-state index in [1.54, 1.807) is 13.0 Å². The van der Waals surface area contributed by atoms with Crippen LogP contribution in [-0.4, -0.2) is 8.42 Å². The third-order valence-corrected chi connectivity index (χ3v) is 5.33. The highest BCUT2D eigenvalue weighted by Gasteiger charge is 2.21. The second kappa shape index (κ2) is 6.36. The highest BCUT2D eigenvalue weighted by Crippen LogP contribution is 2.25. The van der Waals surface area contributed by atoms with Crippen LogP contribution in [0, 0.1) is 0 Å². The van der Waals surface area contributed by atoms with Crippen LogP contribution in [0.25, 0.3) is 0 Å². The predicted octanol–water partition coefficient (Wildman–Crippen LogP) is 3.72. The summed E-state index contributed by atoms with van der Waals surface area (Å²) in [6, 6.07) is 11.4. The first-order valence-corrected chi connectivity index (χ1v) is 8.78. The molecule has 0 radical (unpaired) electrons. The van der Waals surface area contributed by atoms with Gasteiger partial charge >= 0.3 is 0 Å². The Kier molecular flexibility index (Phi) is 4.93. The van der Waals surface area contributed by atoms with Gasteiger partial charge in [-0.25, -0.2) is 13.1 Å². The second-order valence-electron chi connectivity index (χ2n) is 4.58. The highest BCUT2D eigenvalue weighted by atomic mass is 79.9. The molecule has 0 aliphatic heterocycles. The van der Waals surface area contributed by atoms with Crippen LogP contribution in [0.5, 0.6) is 0 Å². The minimum absolute atomic E-state index is 0.0149. The van der Waals surface area contributed by atoms with E-state index in [0.29, 0.717) is 5.02 Å². The molecule has 0 heterocycles. The van der Waals surface area contributed by atoms with E-state index in [1.165, 1.54) is 12.1 Å². The van der Waals surface area contributed by atoms with Gasteiger partial charge in [0.05, 0.1) is 5.69 Å². The standard InChI is InChI=1S/C14H14BrClN2O2S/c1-9(10-2-4-11(15)5-3-10)18-21(19,20)14-8-12(16)6-7-13(14)17/h2-9,18H,17H2,1H3/t9-/m1/s1. The summed E-state index contributed by atoms with van der Waals surface area (Å²) in [5.41, 5.74) is 6.74. The molecule has 0 unspecified atom stereocenters. The average molecular weight is 390 g/mol. The number of nitrogens with one attached hydrogen (secondary N) is 1. The summed E-state index contributed by atoms with van der Waals surface area (Å²) in [5, 5.41) is 0.320. The van der Waals surface area contributed by atoms with E-state index in [0.717, 1.165) is 10.0 Å². The molecule has 4 nitrogen and oxygen atoms in total. The number of halogens is 2. The molecule has 0 aliphatic carbocycles. The number of benzene rings is 2. The second-order valence-corrected chi connectivity index (χ2v) is 7.61. The number of sulfonamides is 1. The molecule has 0 bridgehead atoms. The van der Waals surface area contributed by atoms with E-state index < -0.39 is 10.0 Å². The van der Waals surface area contributed by atoms with Crippen molar-refractivity contribution in [2.24, 2.45) is 0 Å². The Bertz CT molecular complexity index is 748. The van der Waals surface area contributed by atoms with Gasteiger partial charge in [0.25, 0.3) is 0 Å². The van der Waals surface area contributed by atoms with Crippen LogP contribution in [0.3, 0.4) is 0 Å². The fraction of sp³-hybridized carbons (Fsp3) is 0.143. The van der Waals surface area contributed by atoms with Gasteiger partial charge in [-0.2, -0.15) is 0 Å². The fourth-order valence-corrected chi connectivity index (χ4v) is 3.75. The SMILES string of the molecule is C[C@@H](NS(=O)(=O)c1cc(Cl)ccc1N)c1ccc(Br)cc1. The van der Waals surface area contributed by atoms with Crippen molar-refractivity contribution in [3.63, 3.8) is 0 Å². The summed E-state index contributed by atoms with van der Waals surface area (Å²) in [6.45, 7) is 1.77. The first kappa shape index (κ1) is 16.3. The lowest BCUT2D eigenvalue weighted by molar-refractivity contribution is 0.567. The van der Waals surface area contributed by atoms with Crippen LogP contribution in [0.15, 0.2) is 51.8 Å². The van der Waals surface area contributed by atoms with Gasteiger partial charge in [0.15, 0.2) is 0 Å². The molecular weight excluding hydrogens is 376 g/mol. The van der Waals surface area contributed by atoms with Gasteiger partial charge < -0.3 is 5.73 Å². The Labute approximate surface area is 137 Å². The van der Waals surface area contributed by atoms with E-state index >= 15 is 0 Å². The largest absolute Gasteiger partial charge is 0.398 e. The third-order valence-electron chi connectivity index (χ3n) is 2.97. The smallest absolute Gasteiger partial charge is 0.243 e. The quantitative estimate of drug-likeness (QED) is 0.783. The average Bonchev–Trinajstić information content (AvgIpc) is 2.41. The third kappa shape index (κ3) is 3.97. The van der Waals surface area contributed by atoms with Crippen LogP contribution in [0.1, 0.15) is 18.5 Å². The number of hydrogen-bond donors (Lipinski definition) is 2. The monoisotopic (exact) mass is 388 g/mol. The molecule has 2 aromatic rings. The Hall–Kier alpha value is -1.08. The summed E-state index contributed by atoms with van der Waals surface area (Å²) < 4.78 is 28.3. The lowest BCUT2D eigenvalue weighted by atomic mass is 10.1. The molecular formula is C14H14BrClN2O2S. The molecule has 0 aliphatic rings. The molecule has 0 aromatic heterocycles. The van der Waals surface area contributed by atoms with Crippen molar-refractivity contribution in [3.05, 3.63) is 57.5 Å². The maximum atomic E-state index is 12.4. The molecule has 0 fully saturated rings. The van der Waals surface area contributed by atoms with Crippen molar-refractivity contribution in [2.45, 2.75) is 17.9 Å². The van der Waals surface area contributed by atoms with Gasteiger partial charge in [0.2, 0.25) is 10.0 Å². The lowest BCUT2D eigenvalue weighted by Gasteiger charge is -2.16. The van der Waals surface area contributed by atoms with Gasteiger partial charge in [-0.05, 0) is 42.8 Å². The van der Waals surface area contributed by atoms with Crippen LogP contribution < -0.4 is 10.5 Å². The predicted molar refractivity (Wildman–Crippen MR) is 88.7 cm³/mol. The van der Waals surface area contributed by atoms with Gasteiger partial charge in [0.1, 0.15) is 4.90 Å². The van der Waals surface area contributed by atoms with Crippen molar-refractivity contribution < 1.29 is 8.42 Å². The molecule has 1 atom stereocenters. The fourth-order valence-electron chi connectivity index (χ4n) is 1.86. The molecule has 21 heavy (non-hydrogen) atoms. The van der Waals surface area contributed by atoms with Crippen molar-refractivity contribution in [1.82, 2.24) is 4.72 Å². The number of nitrogen functional groups attached to an aromatic ring is 1. The Balaban J connectivity index is 2.28. The molecule has 7 heteroatoms. The summed E-state index contributed by atoms with van der Waals surface area (Å²) in [4.78, 5) is -0.0149. The van der Waals surface area contributed by atoms with Gasteiger partial charge in [-0.15, -0.1) is 0 Å². The molecule has 0 saturated carbocycles. The van der Waals surface area contributed by atoms with Crippen molar-refractivity contribution in [3.8, 4) is 0 Å². The highest BCUT2D eigenvalue weighted by molar-refractivity contribution is 9.10.